The van der Waals surface area contributed by atoms with E-state index in [9.17, 15) is 19.8 Å². The molecule has 3 aliphatic heterocycles. The predicted molar refractivity (Wildman–Crippen MR) is 168 cm³/mol. The first-order valence-corrected chi connectivity index (χ1v) is 15.5. The Bertz CT molecular complexity index is 1650. The second kappa shape index (κ2) is 12.7. The molecule has 8 nitrogen and oxygen atoms in total. The molecule has 0 aromatic heterocycles. The van der Waals surface area contributed by atoms with Crippen molar-refractivity contribution in [2.75, 3.05) is 19.6 Å². The number of rotatable bonds is 8. The van der Waals surface area contributed by atoms with Crippen LogP contribution in [0.25, 0.3) is 11.1 Å². The Kier molecular flexibility index (Phi) is 8.31. The summed E-state index contributed by atoms with van der Waals surface area (Å²) in [5.74, 6) is -0.528. The van der Waals surface area contributed by atoms with E-state index in [-0.39, 0.29) is 43.3 Å². The molecule has 0 saturated carbocycles. The van der Waals surface area contributed by atoms with Gasteiger partial charge in [-0.15, -0.1) is 0 Å². The van der Waals surface area contributed by atoms with Crippen molar-refractivity contribution in [3.63, 3.8) is 0 Å². The number of aliphatic hydroxyl groups excluding tert-OH is 2. The van der Waals surface area contributed by atoms with Crippen molar-refractivity contribution in [2.45, 2.75) is 50.6 Å². The van der Waals surface area contributed by atoms with Crippen molar-refractivity contribution in [1.29, 1.82) is 0 Å². The van der Waals surface area contributed by atoms with Gasteiger partial charge in [0.1, 0.15) is 0 Å². The maximum Gasteiger partial charge on any atom is 0.261 e. The summed E-state index contributed by atoms with van der Waals surface area (Å²) in [5, 5.41) is 19.5. The highest BCUT2D eigenvalue weighted by Gasteiger charge is 2.36. The second-order valence-electron chi connectivity index (χ2n) is 12.1. The van der Waals surface area contributed by atoms with E-state index < -0.39 is 6.29 Å². The Hall–Kier alpha value is -4.18. The van der Waals surface area contributed by atoms with Crippen LogP contribution in [0.1, 0.15) is 68.2 Å². The summed E-state index contributed by atoms with van der Waals surface area (Å²) in [6.45, 7) is 2.43. The van der Waals surface area contributed by atoms with Gasteiger partial charge in [-0.2, -0.15) is 0 Å². The zero-order valence-electron chi connectivity index (χ0n) is 24.9. The number of hydrogen-bond donors (Lipinski definition) is 2. The molecule has 0 radical (unpaired) electrons. The molecule has 4 unspecified atom stereocenters. The molecule has 230 valence electrons. The number of benzene rings is 4. The molecule has 2 saturated heterocycles. The molecular weight excluding hydrogens is 568 g/mol. The highest BCUT2D eigenvalue weighted by Crippen LogP contribution is 2.39. The molecular formula is C37H36N2O6. The molecule has 3 heterocycles. The number of carbonyl (C=O) groups is 2. The van der Waals surface area contributed by atoms with Crippen LogP contribution in [0.2, 0.25) is 0 Å². The lowest BCUT2D eigenvalue weighted by atomic mass is 9.99. The molecule has 45 heavy (non-hydrogen) atoms. The van der Waals surface area contributed by atoms with Crippen molar-refractivity contribution in [3.8, 4) is 11.1 Å². The summed E-state index contributed by atoms with van der Waals surface area (Å²) in [7, 11) is 0. The van der Waals surface area contributed by atoms with Crippen molar-refractivity contribution >= 4 is 11.8 Å². The van der Waals surface area contributed by atoms with E-state index in [2.05, 4.69) is 4.90 Å². The van der Waals surface area contributed by atoms with Crippen LogP contribution in [-0.2, 0) is 22.6 Å². The van der Waals surface area contributed by atoms with E-state index in [1.54, 1.807) is 24.3 Å². The lowest BCUT2D eigenvalue weighted by Crippen LogP contribution is -2.38. The normalized spacial score (nSPS) is 23.5. The third-order valence-electron chi connectivity index (χ3n) is 8.99. The smallest absolute Gasteiger partial charge is 0.261 e. The van der Waals surface area contributed by atoms with E-state index in [0.29, 0.717) is 24.1 Å². The minimum absolute atomic E-state index is 0.00449. The molecule has 0 spiro atoms. The van der Waals surface area contributed by atoms with Crippen LogP contribution in [0.3, 0.4) is 0 Å². The molecule has 3 aliphatic rings. The van der Waals surface area contributed by atoms with Gasteiger partial charge in [-0.3, -0.25) is 19.4 Å². The van der Waals surface area contributed by atoms with E-state index in [1.807, 2.05) is 72.8 Å². The third kappa shape index (κ3) is 6.20. The van der Waals surface area contributed by atoms with Gasteiger partial charge in [-0.05, 0) is 52.4 Å². The van der Waals surface area contributed by atoms with Crippen LogP contribution in [-0.4, -0.2) is 63.7 Å². The fraction of sp³-hybridized carbons (Fsp3) is 0.297. The van der Waals surface area contributed by atoms with Crippen LogP contribution in [0.4, 0.5) is 0 Å². The highest BCUT2D eigenvalue weighted by atomic mass is 16.7. The SMILES string of the molecule is O=C1c2ccccc2C(=O)N1Cc1cccc(-c2ccc(C3OC(CN4CCC(O)C4)CC(c4ccc(CO)cc4)O3)cc2)c1. The Morgan fingerprint density at radius 1 is 0.756 bits per heavy atom. The largest absolute Gasteiger partial charge is 0.392 e. The number of hydrogen-bond acceptors (Lipinski definition) is 7. The summed E-state index contributed by atoms with van der Waals surface area (Å²) >= 11 is 0. The van der Waals surface area contributed by atoms with Crippen LogP contribution in [0, 0.1) is 0 Å². The van der Waals surface area contributed by atoms with Gasteiger partial charge in [0, 0.05) is 31.6 Å². The first-order valence-electron chi connectivity index (χ1n) is 15.5. The number of β-amino-alcohol motifs (C(OH)–C–C–N with tert-alkyl or cyclic N) is 1. The van der Waals surface area contributed by atoms with Crippen LogP contribution in [0.15, 0.2) is 97.1 Å². The summed E-state index contributed by atoms with van der Waals surface area (Å²) in [6.07, 6.45) is 0.371. The number of likely N-dealkylation sites (tertiary alicyclic amines) is 1. The first kappa shape index (κ1) is 29.5. The molecule has 2 fully saturated rings. The molecule has 4 aromatic rings. The number of carbonyl (C=O) groups excluding carboxylic acids is 2. The number of aliphatic hydroxyl groups is 2. The molecule has 4 atom stereocenters. The predicted octanol–water partition coefficient (Wildman–Crippen LogP) is 5.25. The van der Waals surface area contributed by atoms with E-state index in [4.69, 9.17) is 9.47 Å². The average molecular weight is 605 g/mol. The summed E-state index contributed by atoms with van der Waals surface area (Å²) in [5.41, 5.74) is 6.55. The second-order valence-corrected chi connectivity index (χ2v) is 12.1. The van der Waals surface area contributed by atoms with E-state index in [1.165, 1.54) is 4.90 Å². The van der Waals surface area contributed by atoms with Gasteiger partial charge in [-0.25, -0.2) is 0 Å². The lowest BCUT2D eigenvalue weighted by Gasteiger charge is -2.37. The maximum atomic E-state index is 12.9. The summed E-state index contributed by atoms with van der Waals surface area (Å²) in [4.78, 5) is 29.3. The van der Waals surface area contributed by atoms with Crippen molar-refractivity contribution < 1.29 is 29.3 Å². The summed E-state index contributed by atoms with van der Waals surface area (Å²) in [6, 6.07) is 30.8. The van der Waals surface area contributed by atoms with Gasteiger partial charge in [0.25, 0.3) is 11.8 Å². The topological polar surface area (TPSA) is 99.5 Å². The number of nitrogens with zero attached hydrogens (tertiary/aromatic N) is 2. The van der Waals surface area contributed by atoms with Crippen LogP contribution < -0.4 is 0 Å². The Morgan fingerprint density at radius 2 is 1.47 bits per heavy atom. The van der Waals surface area contributed by atoms with Gasteiger partial charge in [0.05, 0.1) is 42.6 Å². The van der Waals surface area contributed by atoms with Crippen molar-refractivity contribution in [1.82, 2.24) is 9.80 Å². The lowest BCUT2D eigenvalue weighted by molar-refractivity contribution is -0.252. The molecule has 2 amide bonds. The fourth-order valence-corrected chi connectivity index (χ4v) is 6.55. The van der Waals surface area contributed by atoms with Gasteiger partial charge in [0.15, 0.2) is 6.29 Å². The standard InChI is InChI=1S/C37H36N2O6/c40-23-24-8-10-27(11-9-24)34-19-31(22-38-17-16-30(41)21-38)44-37(45-34)28-14-12-26(13-15-28)29-5-3-4-25(18-29)20-39-35(42)32-6-1-2-7-33(32)36(39)43/h1-15,18,30-31,34,37,40-41H,16-17,19-23H2. The van der Waals surface area contributed by atoms with Crippen LogP contribution >= 0.6 is 0 Å². The number of amides is 2. The fourth-order valence-electron chi connectivity index (χ4n) is 6.55. The minimum atomic E-state index is -0.562. The number of imide groups is 1. The summed E-state index contributed by atoms with van der Waals surface area (Å²) < 4.78 is 13.0. The Labute approximate surface area is 262 Å². The van der Waals surface area contributed by atoms with Crippen LogP contribution in [0.5, 0.6) is 0 Å². The Morgan fingerprint density at radius 3 is 2.13 bits per heavy atom. The average Bonchev–Trinajstić information content (AvgIpc) is 3.60. The number of ether oxygens (including phenoxy) is 2. The zero-order valence-corrected chi connectivity index (χ0v) is 24.9. The maximum absolute atomic E-state index is 12.9. The Balaban J connectivity index is 1.08. The molecule has 2 N–H and O–H groups in total. The first-order chi connectivity index (χ1) is 21.9. The van der Waals surface area contributed by atoms with Gasteiger partial charge >= 0.3 is 0 Å². The molecule has 0 bridgehead atoms. The quantitative estimate of drug-likeness (QED) is 0.265. The van der Waals surface area contributed by atoms with E-state index >= 15 is 0 Å². The number of fused-ring (bicyclic) bond motifs is 1. The minimum Gasteiger partial charge on any atom is -0.392 e. The van der Waals surface area contributed by atoms with Gasteiger partial charge < -0.3 is 19.7 Å². The van der Waals surface area contributed by atoms with Gasteiger partial charge in [0.2, 0.25) is 0 Å². The molecule has 0 aliphatic carbocycles. The highest BCUT2D eigenvalue weighted by molar-refractivity contribution is 6.21. The molecule has 8 heteroatoms. The van der Waals surface area contributed by atoms with Crippen molar-refractivity contribution in [3.05, 3.63) is 130 Å². The molecule has 7 rings (SSSR count). The third-order valence-corrected chi connectivity index (χ3v) is 8.99. The molecule has 4 aromatic carbocycles. The van der Waals surface area contributed by atoms with Crippen molar-refractivity contribution in [2.24, 2.45) is 0 Å². The van der Waals surface area contributed by atoms with E-state index in [0.717, 1.165) is 52.9 Å². The van der Waals surface area contributed by atoms with Gasteiger partial charge in [-0.1, -0.05) is 78.9 Å². The zero-order chi connectivity index (χ0) is 30.9. The monoisotopic (exact) mass is 604 g/mol.